The molecule has 6 heteroatoms. The minimum Gasteiger partial charge on any atom is -0.385 e. The van der Waals surface area contributed by atoms with Gasteiger partial charge < -0.3 is 20.4 Å². The molecule has 4 rings (SSSR count). The standard InChI is InChI=1S/C21H25N5S/c27-21(26-14-12-25(13-15-26)18-7-10-22-11-8-18)24-16-17-4-3-9-23-20-6-2-1-5-19(17)20/h1-2,5-8,10-11,16,23H,3-4,9,12-15H2,(H,24,27)/b17-16-. The summed E-state index contributed by atoms with van der Waals surface area (Å²) in [6.07, 6.45) is 7.97. The van der Waals surface area contributed by atoms with E-state index in [0.717, 1.165) is 50.7 Å². The molecule has 2 aliphatic heterocycles. The second kappa shape index (κ2) is 8.39. The largest absolute Gasteiger partial charge is 0.385 e. The highest BCUT2D eigenvalue weighted by Gasteiger charge is 2.19. The molecular formula is C21H25N5S. The molecule has 1 aromatic heterocycles. The van der Waals surface area contributed by atoms with Crippen molar-refractivity contribution >= 4 is 34.3 Å². The van der Waals surface area contributed by atoms with Gasteiger partial charge in [-0.1, -0.05) is 18.2 Å². The molecule has 0 aliphatic carbocycles. The number of anilines is 2. The van der Waals surface area contributed by atoms with E-state index in [1.54, 1.807) is 0 Å². The second-order valence-electron chi connectivity index (χ2n) is 6.87. The van der Waals surface area contributed by atoms with E-state index >= 15 is 0 Å². The number of thiocarbonyl (C=S) groups is 1. The summed E-state index contributed by atoms with van der Waals surface area (Å²) in [6, 6.07) is 12.6. The van der Waals surface area contributed by atoms with E-state index in [4.69, 9.17) is 12.2 Å². The number of allylic oxidation sites excluding steroid dienone is 1. The smallest absolute Gasteiger partial charge is 0.173 e. The summed E-state index contributed by atoms with van der Waals surface area (Å²) in [4.78, 5) is 8.73. The van der Waals surface area contributed by atoms with Crippen LogP contribution in [-0.2, 0) is 0 Å². The molecule has 2 N–H and O–H groups in total. The molecule has 3 heterocycles. The number of fused-ring (bicyclic) bond motifs is 1. The molecule has 0 saturated carbocycles. The first kappa shape index (κ1) is 17.8. The predicted octanol–water partition coefficient (Wildman–Crippen LogP) is 3.32. The van der Waals surface area contributed by atoms with Gasteiger partial charge in [0.05, 0.1) is 0 Å². The van der Waals surface area contributed by atoms with Crippen molar-refractivity contribution in [3.05, 3.63) is 60.6 Å². The van der Waals surface area contributed by atoms with Crippen molar-refractivity contribution in [1.82, 2.24) is 15.2 Å². The molecule has 0 spiro atoms. The molecule has 27 heavy (non-hydrogen) atoms. The van der Waals surface area contributed by atoms with Crippen molar-refractivity contribution in [2.45, 2.75) is 12.8 Å². The maximum Gasteiger partial charge on any atom is 0.173 e. The van der Waals surface area contributed by atoms with Crippen LogP contribution in [0.2, 0.25) is 0 Å². The molecule has 0 radical (unpaired) electrons. The van der Waals surface area contributed by atoms with Crippen LogP contribution in [0.15, 0.2) is 55.0 Å². The van der Waals surface area contributed by atoms with Crippen LogP contribution >= 0.6 is 12.2 Å². The SMILES string of the molecule is S=C(N/C=C1/CCCNc2ccccc21)N1CCN(c2ccncc2)CC1. The molecular weight excluding hydrogens is 354 g/mol. The van der Waals surface area contributed by atoms with Gasteiger partial charge in [0, 0.05) is 68.3 Å². The molecule has 140 valence electrons. The molecule has 0 atom stereocenters. The summed E-state index contributed by atoms with van der Waals surface area (Å²) in [7, 11) is 0. The number of benzene rings is 1. The highest BCUT2D eigenvalue weighted by molar-refractivity contribution is 7.80. The number of hydrogen-bond donors (Lipinski definition) is 2. The van der Waals surface area contributed by atoms with Gasteiger partial charge in [-0.2, -0.15) is 0 Å². The fourth-order valence-electron chi connectivity index (χ4n) is 3.67. The zero-order valence-electron chi connectivity index (χ0n) is 15.4. The molecule has 2 aliphatic rings. The number of pyridine rings is 1. The Morgan fingerprint density at radius 3 is 2.67 bits per heavy atom. The van der Waals surface area contributed by atoms with Gasteiger partial charge in [-0.25, -0.2) is 0 Å². The normalized spacial score (nSPS) is 18.4. The van der Waals surface area contributed by atoms with E-state index in [1.807, 2.05) is 12.4 Å². The second-order valence-corrected chi connectivity index (χ2v) is 7.26. The Balaban J connectivity index is 1.37. The van der Waals surface area contributed by atoms with Gasteiger partial charge in [0.2, 0.25) is 0 Å². The minimum atomic E-state index is 0.812. The summed E-state index contributed by atoms with van der Waals surface area (Å²) in [5, 5.41) is 7.70. The Labute approximate surface area is 166 Å². The lowest BCUT2D eigenvalue weighted by atomic mass is 10.0. The quantitative estimate of drug-likeness (QED) is 0.781. The summed E-state index contributed by atoms with van der Waals surface area (Å²) in [5.41, 5.74) is 5.02. The topological polar surface area (TPSA) is 43.4 Å². The van der Waals surface area contributed by atoms with Crippen LogP contribution in [0.5, 0.6) is 0 Å². The number of nitrogens with zero attached hydrogens (tertiary/aromatic N) is 3. The van der Waals surface area contributed by atoms with Gasteiger partial charge in [0.1, 0.15) is 0 Å². The average molecular weight is 380 g/mol. The van der Waals surface area contributed by atoms with Crippen molar-refractivity contribution in [2.24, 2.45) is 0 Å². The number of rotatable bonds is 2. The highest BCUT2D eigenvalue weighted by Crippen LogP contribution is 2.29. The highest BCUT2D eigenvalue weighted by atomic mass is 32.1. The number of hydrogen-bond acceptors (Lipinski definition) is 4. The predicted molar refractivity (Wildman–Crippen MR) is 116 cm³/mol. The Hall–Kier alpha value is -2.60. The molecule has 2 aromatic rings. The third-order valence-corrected chi connectivity index (χ3v) is 5.55. The van der Waals surface area contributed by atoms with Crippen LogP contribution in [0.25, 0.3) is 5.57 Å². The maximum absolute atomic E-state index is 5.66. The maximum atomic E-state index is 5.66. The zero-order valence-corrected chi connectivity index (χ0v) is 16.2. The van der Waals surface area contributed by atoms with Gasteiger partial charge in [0.25, 0.3) is 0 Å². The lowest BCUT2D eigenvalue weighted by Gasteiger charge is -2.37. The molecule has 0 amide bonds. The number of aromatic nitrogens is 1. The van der Waals surface area contributed by atoms with Gasteiger partial charge in [-0.15, -0.1) is 0 Å². The molecule has 5 nitrogen and oxygen atoms in total. The summed E-state index contributed by atoms with van der Waals surface area (Å²) in [6.45, 7) is 4.80. The van der Waals surface area contributed by atoms with Crippen molar-refractivity contribution in [3.63, 3.8) is 0 Å². The average Bonchev–Trinajstić information content (AvgIpc) is 2.95. The van der Waals surface area contributed by atoms with Crippen molar-refractivity contribution in [2.75, 3.05) is 42.9 Å². The van der Waals surface area contributed by atoms with E-state index in [-0.39, 0.29) is 0 Å². The van der Waals surface area contributed by atoms with Crippen LogP contribution in [-0.4, -0.2) is 47.7 Å². The summed E-state index contributed by atoms with van der Waals surface area (Å²) >= 11 is 5.66. The van der Waals surface area contributed by atoms with Crippen LogP contribution in [0.4, 0.5) is 11.4 Å². The molecule has 0 unspecified atom stereocenters. The Morgan fingerprint density at radius 2 is 1.85 bits per heavy atom. The first-order chi connectivity index (χ1) is 13.3. The number of nitrogens with one attached hydrogen (secondary N) is 2. The Kier molecular flexibility index (Phi) is 5.53. The third kappa shape index (κ3) is 4.22. The van der Waals surface area contributed by atoms with Crippen LogP contribution in [0.1, 0.15) is 18.4 Å². The van der Waals surface area contributed by atoms with Crippen molar-refractivity contribution < 1.29 is 0 Å². The van der Waals surface area contributed by atoms with E-state index in [1.165, 1.54) is 22.5 Å². The van der Waals surface area contributed by atoms with E-state index in [0.29, 0.717) is 0 Å². The fraction of sp³-hybridized carbons (Fsp3) is 0.333. The van der Waals surface area contributed by atoms with Crippen LogP contribution in [0, 0.1) is 0 Å². The van der Waals surface area contributed by atoms with E-state index in [2.05, 4.69) is 68.0 Å². The fourth-order valence-corrected chi connectivity index (χ4v) is 3.91. The molecule has 0 bridgehead atoms. The number of piperazine rings is 1. The van der Waals surface area contributed by atoms with Crippen molar-refractivity contribution in [3.8, 4) is 0 Å². The van der Waals surface area contributed by atoms with E-state index in [9.17, 15) is 0 Å². The lowest BCUT2D eigenvalue weighted by molar-refractivity contribution is 0.384. The lowest BCUT2D eigenvalue weighted by Crippen LogP contribution is -2.51. The first-order valence-electron chi connectivity index (χ1n) is 9.54. The summed E-state index contributed by atoms with van der Waals surface area (Å²) in [5.74, 6) is 0. The molecule has 1 fully saturated rings. The third-order valence-electron chi connectivity index (χ3n) is 5.18. The van der Waals surface area contributed by atoms with Crippen molar-refractivity contribution in [1.29, 1.82) is 0 Å². The zero-order chi connectivity index (χ0) is 18.5. The van der Waals surface area contributed by atoms with Gasteiger partial charge in [-0.05, 0) is 48.8 Å². The van der Waals surface area contributed by atoms with Crippen LogP contribution < -0.4 is 15.5 Å². The van der Waals surface area contributed by atoms with Crippen LogP contribution in [0.3, 0.4) is 0 Å². The monoisotopic (exact) mass is 379 g/mol. The van der Waals surface area contributed by atoms with Gasteiger partial charge in [-0.3, -0.25) is 4.98 Å². The molecule has 1 aromatic carbocycles. The Morgan fingerprint density at radius 1 is 1.07 bits per heavy atom. The van der Waals surface area contributed by atoms with Gasteiger partial charge in [0.15, 0.2) is 5.11 Å². The minimum absolute atomic E-state index is 0.812. The van der Waals surface area contributed by atoms with Gasteiger partial charge >= 0.3 is 0 Å². The Bertz CT molecular complexity index is 812. The number of para-hydroxylation sites is 1. The molecule has 1 saturated heterocycles. The van der Waals surface area contributed by atoms with E-state index < -0.39 is 0 Å². The first-order valence-corrected chi connectivity index (χ1v) is 9.95. The summed E-state index contributed by atoms with van der Waals surface area (Å²) < 4.78 is 0.